The number of carbonyl (C=O) groups is 1. The summed E-state index contributed by atoms with van der Waals surface area (Å²) in [4.78, 5) is 12.4. The smallest absolute Gasteiger partial charge is 0.255 e. The molecule has 1 amide bonds. The van der Waals surface area contributed by atoms with Gasteiger partial charge in [-0.2, -0.15) is 0 Å². The topological polar surface area (TPSA) is 50.4 Å². The fourth-order valence-electron chi connectivity index (χ4n) is 2.90. The Morgan fingerprint density at radius 3 is 2.90 bits per heavy atom. The number of amides is 1. The molecule has 0 unspecified atom stereocenters. The van der Waals surface area contributed by atoms with Crippen molar-refractivity contribution in [3.05, 3.63) is 58.7 Å². The molecule has 2 aliphatic heterocycles. The molecule has 2 heterocycles. The third-order valence-electron chi connectivity index (χ3n) is 4.05. The Morgan fingerprint density at radius 2 is 1.95 bits per heavy atom. The van der Waals surface area contributed by atoms with E-state index < -0.39 is 0 Å². The number of carbonyl (C=O) groups excluding carboxylic acids is 1. The molecule has 2 aromatic carbocycles. The van der Waals surface area contributed by atoms with Crippen LogP contribution in [-0.4, -0.2) is 12.5 Å². The molecule has 0 fully saturated rings. The van der Waals surface area contributed by atoms with Crippen LogP contribution >= 0.6 is 0 Å². The van der Waals surface area contributed by atoms with Gasteiger partial charge in [-0.15, -0.1) is 0 Å². The highest BCUT2D eigenvalue weighted by Gasteiger charge is 2.15. The Bertz CT molecular complexity index is 725. The Morgan fingerprint density at radius 1 is 1.05 bits per heavy atom. The average Bonchev–Trinajstić information content (AvgIpc) is 3.14. The zero-order chi connectivity index (χ0) is 14.2. The van der Waals surface area contributed by atoms with Crippen molar-refractivity contribution < 1.29 is 9.53 Å². The molecule has 0 radical (unpaired) electrons. The summed E-state index contributed by atoms with van der Waals surface area (Å²) in [6.45, 7) is 2.46. The normalized spacial score (nSPS) is 15.2. The highest BCUT2D eigenvalue weighted by atomic mass is 16.5. The lowest BCUT2D eigenvalue weighted by atomic mass is 10.1. The maximum atomic E-state index is 12.4. The molecule has 4 rings (SSSR count). The first-order chi connectivity index (χ1) is 10.3. The van der Waals surface area contributed by atoms with E-state index in [4.69, 9.17) is 4.74 Å². The van der Waals surface area contributed by atoms with Crippen LogP contribution in [0.1, 0.15) is 27.0 Å². The molecule has 0 spiro atoms. The number of anilines is 1. The number of hydrogen-bond donors (Lipinski definition) is 2. The van der Waals surface area contributed by atoms with Crippen LogP contribution in [0, 0.1) is 0 Å². The lowest BCUT2D eigenvalue weighted by Gasteiger charge is -2.08. The molecular formula is C17H16N2O2. The van der Waals surface area contributed by atoms with E-state index in [1.165, 1.54) is 11.1 Å². The van der Waals surface area contributed by atoms with E-state index in [-0.39, 0.29) is 5.91 Å². The quantitative estimate of drug-likeness (QED) is 0.888. The lowest BCUT2D eigenvalue weighted by Crippen LogP contribution is -2.12. The number of fused-ring (bicyclic) bond motifs is 2. The van der Waals surface area contributed by atoms with Crippen molar-refractivity contribution in [1.82, 2.24) is 5.32 Å². The summed E-state index contributed by atoms with van der Waals surface area (Å²) in [6.07, 6.45) is 0.906. The molecule has 2 aliphatic rings. The van der Waals surface area contributed by atoms with Crippen molar-refractivity contribution in [2.75, 3.05) is 11.9 Å². The second-order valence-electron chi connectivity index (χ2n) is 5.46. The van der Waals surface area contributed by atoms with Gasteiger partial charge in [-0.3, -0.25) is 4.79 Å². The molecule has 2 N–H and O–H groups in total. The van der Waals surface area contributed by atoms with Gasteiger partial charge in [0.25, 0.3) is 5.91 Å². The van der Waals surface area contributed by atoms with Gasteiger partial charge in [-0.05, 0) is 47.0 Å². The van der Waals surface area contributed by atoms with Crippen molar-refractivity contribution >= 4 is 11.6 Å². The van der Waals surface area contributed by atoms with Crippen LogP contribution in [0.3, 0.4) is 0 Å². The van der Waals surface area contributed by atoms with E-state index in [1.807, 2.05) is 36.4 Å². The number of ether oxygens (including phenoxy) is 1. The van der Waals surface area contributed by atoms with E-state index in [0.29, 0.717) is 5.56 Å². The van der Waals surface area contributed by atoms with Crippen molar-refractivity contribution in [2.45, 2.75) is 19.5 Å². The number of benzene rings is 2. The molecule has 0 saturated carbocycles. The van der Waals surface area contributed by atoms with Gasteiger partial charge in [-0.25, -0.2) is 0 Å². The molecule has 0 saturated heterocycles. The van der Waals surface area contributed by atoms with E-state index in [0.717, 1.165) is 43.1 Å². The van der Waals surface area contributed by atoms with Crippen LogP contribution in [0.15, 0.2) is 36.4 Å². The Balaban J connectivity index is 1.55. The first kappa shape index (κ1) is 12.4. The first-order valence-corrected chi connectivity index (χ1v) is 7.19. The third-order valence-corrected chi connectivity index (χ3v) is 4.05. The predicted molar refractivity (Wildman–Crippen MR) is 80.6 cm³/mol. The lowest BCUT2D eigenvalue weighted by molar-refractivity contribution is 0.102. The van der Waals surface area contributed by atoms with Crippen molar-refractivity contribution in [3.8, 4) is 5.75 Å². The van der Waals surface area contributed by atoms with Gasteiger partial charge < -0.3 is 15.4 Å². The fraction of sp³-hybridized carbons (Fsp3) is 0.235. The van der Waals surface area contributed by atoms with Gasteiger partial charge in [0, 0.05) is 30.8 Å². The summed E-state index contributed by atoms with van der Waals surface area (Å²) in [5.74, 6) is 0.861. The van der Waals surface area contributed by atoms with Crippen molar-refractivity contribution in [1.29, 1.82) is 0 Å². The summed E-state index contributed by atoms with van der Waals surface area (Å²) in [6, 6.07) is 11.7. The number of nitrogens with one attached hydrogen (secondary N) is 2. The fourth-order valence-corrected chi connectivity index (χ4v) is 2.90. The molecule has 4 heteroatoms. The van der Waals surface area contributed by atoms with Gasteiger partial charge >= 0.3 is 0 Å². The molecule has 0 aliphatic carbocycles. The van der Waals surface area contributed by atoms with Crippen LogP contribution < -0.4 is 15.4 Å². The standard InChI is InChI=1S/C17H16N2O2/c20-17(12-1-2-13-9-18-10-14(13)7-12)19-15-3-4-16-11(8-15)5-6-21-16/h1-4,7-8,18H,5-6,9-10H2,(H,19,20). The molecule has 0 bridgehead atoms. The van der Waals surface area contributed by atoms with Crippen LogP contribution in [0.5, 0.6) is 5.75 Å². The van der Waals surface area contributed by atoms with Gasteiger partial charge in [-0.1, -0.05) is 6.07 Å². The largest absolute Gasteiger partial charge is 0.493 e. The summed E-state index contributed by atoms with van der Waals surface area (Å²) in [5.41, 5.74) is 5.18. The Hall–Kier alpha value is -2.33. The van der Waals surface area contributed by atoms with Crippen molar-refractivity contribution in [3.63, 3.8) is 0 Å². The summed E-state index contributed by atoms with van der Waals surface area (Å²) < 4.78 is 5.47. The van der Waals surface area contributed by atoms with Gasteiger partial charge in [0.15, 0.2) is 0 Å². The molecular weight excluding hydrogens is 264 g/mol. The van der Waals surface area contributed by atoms with Crippen molar-refractivity contribution in [2.24, 2.45) is 0 Å². The molecule has 106 valence electrons. The highest BCUT2D eigenvalue weighted by Crippen LogP contribution is 2.28. The Kier molecular flexibility index (Phi) is 2.89. The van der Waals surface area contributed by atoms with Crippen LogP contribution in [0.2, 0.25) is 0 Å². The average molecular weight is 280 g/mol. The molecule has 4 nitrogen and oxygen atoms in total. The monoisotopic (exact) mass is 280 g/mol. The molecule has 21 heavy (non-hydrogen) atoms. The van der Waals surface area contributed by atoms with Gasteiger partial charge in [0.2, 0.25) is 0 Å². The second-order valence-corrected chi connectivity index (χ2v) is 5.46. The summed E-state index contributed by atoms with van der Waals surface area (Å²) >= 11 is 0. The van der Waals surface area contributed by atoms with Crippen LogP contribution in [0.25, 0.3) is 0 Å². The van der Waals surface area contributed by atoms with Gasteiger partial charge in [0.1, 0.15) is 5.75 Å². The maximum Gasteiger partial charge on any atom is 0.255 e. The minimum Gasteiger partial charge on any atom is -0.493 e. The minimum atomic E-state index is -0.0661. The van der Waals surface area contributed by atoms with E-state index >= 15 is 0 Å². The van der Waals surface area contributed by atoms with Crippen LogP contribution in [0.4, 0.5) is 5.69 Å². The molecule has 2 aromatic rings. The molecule has 0 atom stereocenters. The predicted octanol–water partition coefficient (Wildman–Crippen LogP) is 2.48. The SMILES string of the molecule is O=C(Nc1ccc2c(c1)CCO2)c1ccc2c(c1)CNC2. The second kappa shape index (κ2) is 4.90. The van der Waals surface area contributed by atoms with E-state index in [9.17, 15) is 4.79 Å². The third kappa shape index (κ3) is 2.28. The Labute approximate surface area is 123 Å². The zero-order valence-electron chi connectivity index (χ0n) is 11.6. The minimum absolute atomic E-state index is 0.0661. The highest BCUT2D eigenvalue weighted by molar-refractivity contribution is 6.04. The van der Waals surface area contributed by atoms with Crippen LogP contribution in [-0.2, 0) is 19.5 Å². The van der Waals surface area contributed by atoms with Gasteiger partial charge in [0.05, 0.1) is 6.61 Å². The number of rotatable bonds is 2. The van der Waals surface area contributed by atoms with E-state index in [1.54, 1.807) is 0 Å². The number of hydrogen-bond acceptors (Lipinski definition) is 3. The molecule has 0 aromatic heterocycles. The summed E-state index contributed by atoms with van der Waals surface area (Å²) in [7, 11) is 0. The summed E-state index contributed by atoms with van der Waals surface area (Å²) in [5, 5.41) is 6.25. The zero-order valence-corrected chi connectivity index (χ0v) is 11.6. The maximum absolute atomic E-state index is 12.4. The first-order valence-electron chi connectivity index (χ1n) is 7.19. The van der Waals surface area contributed by atoms with E-state index in [2.05, 4.69) is 10.6 Å².